The van der Waals surface area contributed by atoms with Gasteiger partial charge in [-0.25, -0.2) is 4.79 Å². The quantitative estimate of drug-likeness (QED) is 0.167. The Balaban J connectivity index is 5.32. The molecule has 12 heteroatoms. The van der Waals surface area contributed by atoms with Gasteiger partial charge in [0.05, 0.1) is 12.1 Å². The zero-order chi connectivity index (χ0) is 22.7. The Labute approximate surface area is 180 Å². The predicted molar refractivity (Wildman–Crippen MR) is 115 cm³/mol. The summed E-state index contributed by atoms with van der Waals surface area (Å²) in [7, 11) is 0. The Hall–Kier alpha value is -1.50. The number of aliphatic carboxylic acids is 1. The van der Waals surface area contributed by atoms with Crippen LogP contribution < -0.4 is 21.7 Å². The largest absolute Gasteiger partial charge is 0.480 e. The minimum absolute atomic E-state index is 0.0905. The Morgan fingerprint density at radius 1 is 1.00 bits per heavy atom. The first kappa shape index (κ1) is 27.5. The highest BCUT2D eigenvalue weighted by atomic mass is 32.2. The minimum atomic E-state index is -1.39. The second-order valence-electron chi connectivity index (χ2n) is 6.93. The van der Waals surface area contributed by atoms with Gasteiger partial charge < -0.3 is 31.9 Å². The van der Waals surface area contributed by atoms with E-state index >= 15 is 0 Å². The maximum Gasteiger partial charge on any atom is 0.326 e. The number of thioether (sulfide) groups is 1. The van der Waals surface area contributed by atoms with Gasteiger partial charge in [0, 0.05) is 5.75 Å². The molecule has 168 valence electrons. The molecule has 3 amide bonds. The number of aliphatic hydroxyl groups is 1. The molecule has 0 heterocycles. The fourth-order valence-electron chi connectivity index (χ4n) is 2.28. The molecule has 0 aliphatic heterocycles. The van der Waals surface area contributed by atoms with Crippen LogP contribution in [-0.2, 0) is 19.2 Å². The molecule has 0 aliphatic rings. The van der Waals surface area contributed by atoms with Crippen molar-refractivity contribution in [1.29, 1.82) is 0 Å². The number of carbonyl (C=O) groups is 4. The Bertz CT molecular complexity index is 576. The highest BCUT2D eigenvalue weighted by Crippen LogP contribution is 2.06. The van der Waals surface area contributed by atoms with Crippen molar-refractivity contribution in [3.63, 3.8) is 0 Å². The molecule has 0 rings (SSSR count). The fraction of sp³-hybridized carbons (Fsp3) is 0.765. The third-order valence-corrected chi connectivity index (χ3v) is 5.11. The number of nitrogens with one attached hydrogen (secondary N) is 3. The molecular weight excluding hydrogens is 420 g/mol. The standard InChI is InChI=1S/C17H32N4O6S2/c1-8(2)12(17(26)27)20-16(25)13(9(3)22)21-15(24)11(5-6-29-4)19-14(23)10(18)7-28/h8-13,22,28H,5-7,18H2,1-4H3,(H,19,23)(H,20,25)(H,21,24)(H,26,27). The average molecular weight is 453 g/mol. The van der Waals surface area contributed by atoms with Crippen molar-refractivity contribution in [2.45, 2.75) is 57.5 Å². The van der Waals surface area contributed by atoms with Crippen molar-refractivity contribution >= 4 is 48.1 Å². The van der Waals surface area contributed by atoms with Crippen molar-refractivity contribution in [1.82, 2.24) is 16.0 Å². The lowest BCUT2D eigenvalue weighted by Gasteiger charge is -2.27. The molecule has 10 nitrogen and oxygen atoms in total. The molecule has 0 spiro atoms. The molecule has 5 unspecified atom stereocenters. The van der Waals surface area contributed by atoms with Gasteiger partial charge in [-0.1, -0.05) is 13.8 Å². The number of hydrogen-bond acceptors (Lipinski definition) is 8. The minimum Gasteiger partial charge on any atom is -0.480 e. The second-order valence-corrected chi connectivity index (χ2v) is 8.28. The van der Waals surface area contributed by atoms with Crippen LogP contribution in [-0.4, -0.2) is 81.9 Å². The lowest BCUT2D eigenvalue weighted by molar-refractivity contribution is -0.144. The van der Waals surface area contributed by atoms with Crippen molar-refractivity contribution in [2.24, 2.45) is 11.7 Å². The Morgan fingerprint density at radius 2 is 1.55 bits per heavy atom. The molecule has 0 fully saturated rings. The lowest BCUT2D eigenvalue weighted by Crippen LogP contribution is -2.60. The predicted octanol–water partition coefficient (Wildman–Crippen LogP) is -1.43. The summed E-state index contributed by atoms with van der Waals surface area (Å²) < 4.78 is 0. The molecule has 0 radical (unpaired) electrons. The van der Waals surface area contributed by atoms with Crippen molar-refractivity contribution in [3.05, 3.63) is 0 Å². The smallest absolute Gasteiger partial charge is 0.326 e. The van der Waals surface area contributed by atoms with Crippen molar-refractivity contribution < 1.29 is 29.4 Å². The SMILES string of the molecule is CSCCC(NC(=O)C(N)CS)C(=O)NC(C(=O)NC(C(=O)O)C(C)C)C(C)O. The van der Waals surface area contributed by atoms with E-state index in [1.165, 1.54) is 18.7 Å². The van der Waals surface area contributed by atoms with E-state index in [0.29, 0.717) is 5.75 Å². The normalized spacial score (nSPS) is 16.3. The van der Waals surface area contributed by atoms with Crippen LogP contribution in [0.3, 0.4) is 0 Å². The van der Waals surface area contributed by atoms with Gasteiger partial charge in [-0.2, -0.15) is 24.4 Å². The highest BCUT2D eigenvalue weighted by molar-refractivity contribution is 7.98. The third kappa shape index (κ3) is 9.70. The van der Waals surface area contributed by atoms with E-state index in [4.69, 9.17) is 5.73 Å². The van der Waals surface area contributed by atoms with Crippen molar-refractivity contribution in [3.8, 4) is 0 Å². The molecule has 5 atom stereocenters. The van der Waals surface area contributed by atoms with Crippen LogP contribution in [0.2, 0.25) is 0 Å². The lowest BCUT2D eigenvalue weighted by atomic mass is 10.0. The Kier molecular flexibility index (Phi) is 13.0. The van der Waals surface area contributed by atoms with Crippen LogP contribution >= 0.6 is 24.4 Å². The topological polar surface area (TPSA) is 171 Å². The number of nitrogens with two attached hydrogens (primary N) is 1. The summed E-state index contributed by atoms with van der Waals surface area (Å²) in [6, 6.07) is -4.45. The molecule has 0 saturated heterocycles. The number of hydrogen-bond donors (Lipinski definition) is 7. The van der Waals surface area contributed by atoms with E-state index in [1.807, 2.05) is 6.26 Å². The number of aliphatic hydroxyl groups excluding tert-OH is 1. The zero-order valence-corrected chi connectivity index (χ0v) is 18.8. The third-order valence-electron chi connectivity index (χ3n) is 4.07. The van der Waals surface area contributed by atoms with E-state index in [2.05, 4.69) is 28.6 Å². The van der Waals surface area contributed by atoms with Crippen LogP contribution in [0.15, 0.2) is 0 Å². The first-order chi connectivity index (χ1) is 13.5. The second kappa shape index (κ2) is 13.7. The van der Waals surface area contributed by atoms with Gasteiger partial charge in [0.15, 0.2) is 0 Å². The molecule has 0 bridgehead atoms. The number of carbonyl (C=O) groups excluding carboxylic acids is 3. The number of carboxylic acid groups (broad SMARTS) is 1. The highest BCUT2D eigenvalue weighted by Gasteiger charge is 2.33. The number of amides is 3. The first-order valence-electron chi connectivity index (χ1n) is 9.13. The molecule has 0 aromatic heterocycles. The van der Waals surface area contributed by atoms with Crippen LogP contribution in [0.1, 0.15) is 27.2 Å². The maximum absolute atomic E-state index is 12.7. The van der Waals surface area contributed by atoms with E-state index < -0.39 is 59.9 Å². The van der Waals surface area contributed by atoms with Gasteiger partial charge in [0.1, 0.15) is 18.1 Å². The number of thiol groups is 1. The molecule has 7 N–H and O–H groups in total. The molecule has 0 saturated carbocycles. The van der Waals surface area contributed by atoms with E-state index in [1.54, 1.807) is 13.8 Å². The number of carboxylic acids is 1. The van der Waals surface area contributed by atoms with Gasteiger partial charge in [0.2, 0.25) is 17.7 Å². The fourth-order valence-corrected chi connectivity index (χ4v) is 2.92. The summed E-state index contributed by atoms with van der Waals surface area (Å²) in [5.74, 6) is -3.08. The van der Waals surface area contributed by atoms with Gasteiger partial charge in [-0.05, 0) is 31.3 Å². The molecule has 29 heavy (non-hydrogen) atoms. The van der Waals surface area contributed by atoms with Crippen LogP contribution in [0, 0.1) is 5.92 Å². The summed E-state index contributed by atoms with van der Waals surface area (Å²) in [5, 5.41) is 26.4. The van der Waals surface area contributed by atoms with Gasteiger partial charge in [-0.3, -0.25) is 14.4 Å². The van der Waals surface area contributed by atoms with Gasteiger partial charge >= 0.3 is 5.97 Å². The summed E-state index contributed by atoms with van der Waals surface area (Å²) in [6.45, 7) is 4.53. The summed E-state index contributed by atoms with van der Waals surface area (Å²) in [5.41, 5.74) is 5.62. The zero-order valence-electron chi connectivity index (χ0n) is 17.0. The maximum atomic E-state index is 12.7. The van der Waals surface area contributed by atoms with E-state index in [9.17, 15) is 29.4 Å². The van der Waals surface area contributed by atoms with Gasteiger partial charge in [0.25, 0.3) is 0 Å². The van der Waals surface area contributed by atoms with Crippen LogP contribution in [0.5, 0.6) is 0 Å². The molecule has 0 aliphatic carbocycles. The average Bonchev–Trinajstić information content (AvgIpc) is 2.65. The molecule has 0 aromatic rings. The summed E-state index contributed by atoms with van der Waals surface area (Å²) in [6.07, 6.45) is 0.813. The first-order valence-corrected chi connectivity index (χ1v) is 11.2. The van der Waals surface area contributed by atoms with E-state index in [-0.39, 0.29) is 12.2 Å². The van der Waals surface area contributed by atoms with Gasteiger partial charge in [-0.15, -0.1) is 0 Å². The summed E-state index contributed by atoms with van der Waals surface area (Å²) in [4.78, 5) is 48.5. The van der Waals surface area contributed by atoms with E-state index in [0.717, 1.165) is 0 Å². The number of rotatable bonds is 13. The molecule has 0 aromatic carbocycles. The van der Waals surface area contributed by atoms with Crippen molar-refractivity contribution in [2.75, 3.05) is 17.8 Å². The molecular formula is C17H32N4O6S2. The summed E-state index contributed by atoms with van der Waals surface area (Å²) >= 11 is 5.41. The van der Waals surface area contributed by atoms with Crippen LogP contribution in [0.4, 0.5) is 0 Å². The van der Waals surface area contributed by atoms with Crippen LogP contribution in [0.25, 0.3) is 0 Å². The monoisotopic (exact) mass is 452 g/mol. The Morgan fingerprint density at radius 3 is 1.97 bits per heavy atom.